The van der Waals surface area contributed by atoms with E-state index in [2.05, 4.69) is 36.4 Å². The summed E-state index contributed by atoms with van der Waals surface area (Å²) >= 11 is 0. The number of hydrogen-bond acceptors (Lipinski definition) is 1. The zero-order chi connectivity index (χ0) is 14.7. The fourth-order valence-corrected chi connectivity index (χ4v) is 4.39. The Hall–Kier alpha value is -2.35. The first-order chi connectivity index (χ1) is 10.8. The van der Waals surface area contributed by atoms with Crippen LogP contribution in [0.5, 0.6) is 0 Å². The van der Waals surface area contributed by atoms with Crippen molar-refractivity contribution in [3.8, 4) is 0 Å². The van der Waals surface area contributed by atoms with Gasteiger partial charge in [-0.25, -0.2) is 0 Å². The van der Waals surface area contributed by atoms with E-state index in [1.165, 1.54) is 10.8 Å². The van der Waals surface area contributed by atoms with Crippen LogP contribution in [0.15, 0.2) is 60.7 Å². The van der Waals surface area contributed by atoms with Gasteiger partial charge in [-0.2, -0.15) is 0 Å². The minimum atomic E-state index is 0.147. The predicted octanol–water partition coefficient (Wildman–Crippen LogP) is 4.65. The summed E-state index contributed by atoms with van der Waals surface area (Å²) < 4.78 is 1.96. The number of aromatic nitrogens is 1. The van der Waals surface area contributed by atoms with Crippen LogP contribution in [0.3, 0.4) is 0 Å². The van der Waals surface area contributed by atoms with Gasteiger partial charge in [-0.05, 0) is 36.8 Å². The molecule has 0 aliphatic heterocycles. The maximum atomic E-state index is 13.3. The van der Waals surface area contributed by atoms with Crippen molar-refractivity contribution in [2.45, 2.75) is 12.8 Å². The molecule has 1 heterocycles. The Morgan fingerprint density at radius 3 is 2.05 bits per heavy atom. The summed E-state index contributed by atoms with van der Waals surface area (Å²) in [4.78, 5) is 13.3. The number of carbonyl (C=O) groups excluding carboxylic acids is 1. The molecule has 3 unspecified atom stereocenters. The summed E-state index contributed by atoms with van der Waals surface area (Å²) in [6.45, 7) is 0. The fraction of sp³-hybridized carbons (Fsp3) is 0.250. The van der Waals surface area contributed by atoms with Crippen molar-refractivity contribution in [3.63, 3.8) is 0 Å². The molecule has 5 rings (SSSR count). The average Bonchev–Trinajstić information content (AvgIpc) is 3.26. The molecule has 1 saturated carbocycles. The number of benzene rings is 2. The highest BCUT2D eigenvalue weighted by atomic mass is 16.2. The number of rotatable bonds is 1. The van der Waals surface area contributed by atoms with Crippen molar-refractivity contribution < 1.29 is 4.79 Å². The Bertz CT molecular complexity index is 880. The van der Waals surface area contributed by atoms with Gasteiger partial charge in [0.05, 0.1) is 11.0 Å². The lowest BCUT2D eigenvalue weighted by molar-refractivity contribution is 0.0825. The van der Waals surface area contributed by atoms with Gasteiger partial charge in [-0.1, -0.05) is 48.6 Å². The zero-order valence-corrected chi connectivity index (χ0v) is 12.3. The fourth-order valence-electron chi connectivity index (χ4n) is 4.39. The van der Waals surface area contributed by atoms with Crippen molar-refractivity contribution >= 4 is 27.7 Å². The molecule has 2 nitrogen and oxygen atoms in total. The molecule has 22 heavy (non-hydrogen) atoms. The molecule has 2 aliphatic carbocycles. The number of carbonyl (C=O) groups is 1. The van der Waals surface area contributed by atoms with E-state index in [-0.39, 0.29) is 11.8 Å². The molecule has 2 bridgehead atoms. The molecule has 0 saturated heterocycles. The molecular formula is C20H17NO. The van der Waals surface area contributed by atoms with Crippen molar-refractivity contribution in [2.24, 2.45) is 17.8 Å². The monoisotopic (exact) mass is 287 g/mol. The van der Waals surface area contributed by atoms with Gasteiger partial charge in [0.1, 0.15) is 0 Å². The first-order valence-corrected chi connectivity index (χ1v) is 8.03. The third-order valence-electron chi connectivity index (χ3n) is 5.40. The molecule has 0 spiro atoms. The van der Waals surface area contributed by atoms with Gasteiger partial charge < -0.3 is 0 Å². The second-order valence-corrected chi connectivity index (χ2v) is 6.59. The molecule has 0 amide bonds. The van der Waals surface area contributed by atoms with Crippen LogP contribution in [0.1, 0.15) is 17.6 Å². The third kappa shape index (κ3) is 1.52. The van der Waals surface area contributed by atoms with Crippen molar-refractivity contribution in [1.82, 2.24) is 4.57 Å². The summed E-state index contributed by atoms with van der Waals surface area (Å²) in [5, 5.41) is 2.34. The van der Waals surface area contributed by atoms with E-state index in [0.717, 1.165) is 23.9 Å². The molecule has 108 valence electrons. The van der Waals surface area contributed by atoms with Crippen molar-refractivity contribution in [3.05, 3.63) is 60.7 Å². The summed E-state index contributed by atoms with van der Waals surface area (Å²) in [6, 6.07) is 16.5. The standard InChI is InChI=1S/C20H17NO/c22-20(17-12-13-9-10-14(17)11-13)21-18-7-3-1-5-15(18)16-6-2-4-8-19(16)21/h1-10,13-14,17H,11-12H2. The van der Waals surface area contributed by atoms with E-state index in [9.17, 15) is 4.79 Å². The van der Waals surface area contributed by atoms with Crippen LogP contribution < -0.4 is 0 Å². The molecule has 1 fully saturated rings. The Labute approximate surface area is 129 Å². The number of hydrogen-bond donors (Lipinski definition) is 0. The Balaban J connectivity index is 1.76. The van der Waals surface area contributed by atoms with Crippen LogP contribution in [0.4, 0.5) is 0 Å². The number of para-hydroxylation sites is 2. The van der Waals surface area contributed by atoms with Crippen LogP contribution in [-0.4, -0.2) is 10.5 Å². The van der Waals surface area contributed by atoms with Gasteiger partial charge >= 0.3 is 0 Å². The number of fused-ring (bicyclic) bond motifs is 5. The van der Waals surface area contributed by atoms with Gasteiger partial charge in [0.15, 0.2) is 0 Å². The molecule has 1 aromatic heterocycles. The van der Waals surface area contributed by atoms with E-state index in [1.54, 1.807) is 0 Å². The Morgan fingerprint density at radius 2 is 1.50 bits per heavy atom. The van der Waals surface area contributed by atoms with Crippen LogP contribution in [0, 0.1) is 17.8 Å². The highest BCUT2D eigenvalue weighted by Gasteiger charge is 2.40. The minimum absolute atomic E-state index is 0.147. The smallest absolute Gasteiger partial charge is 0.235 e. The molecular weight excluding hydrogens is 270 g/mol. The van der Waals surface area contributed by atoms with Crippen LogP contribution in [0.25, 0.3) is 21.8 Å². The van der Waals surface area contributed by atoms with Crippen LogP contribution in [0.2, 0.25) is 0 Å². The molecule has 2 heteroatoms. The average molecular weight is 287 g/mol. The summed E-state index contributed by atoms with van der Waals surface area (Å²) in [6.07, 6.45) is 6.72. The third-order valence-corrected chi connectivity index (χ3v) is 5.40. The molecule has 0 radical (unpaired) electrons. The van der Waals surface area contributed by atoms with Gasteiger partial charge in [0, 0.05) is 16.7 Å². The summed E-state index contributed by atoms with van der Waals surface area (Å²) in [5.41, 5.74) is 2.08. The summed E-state index contributed by atoms with van der Waals surface area (Å²) in [7, 11) is 0. The highest BCUT2D eigenvalue weighted by molar-refractivity contribution is 6.13. The van der Waals surface area contributed by atoms with Crippen LogP contribution >= 0.6 is 0 Å². The number of nitrogens with zero attached hydrogens (tertiary/aromatic N) is 1. The predicted molar refractivity (Wildman–Crippen MR) is 88.9 cm³/mol. The van der Waals surface area contributed by atoms with E-state index in [0.29, 0.717) is 11.8 Å². The second kappa shape index (κ2) is 4.33. The quantitative estimate of drug-likeness (QED) is 0.597. The first kappa shape index (κ1) is 12.2. The lowest BCUT2D eigenvalue weighted by atomic mass is 9.92. The maximum Gasteiger partial charge on any atom is 0.235 e. The van der Waals surface area contributed by atoms with Gasteiger partial charge in [0.2, 0.25) is 5.91 Å². The largest absolute Gasteiger partial charge is 0.280 e. The topological polar surface area (TPSA) is 22.0 Å². The lowest BCUT2D eigenvalue weighted by Crippen LogP contribution is -2.24. The summed E-state index contributed by atoms with van der Waals surface area (Å²) in [5.74, 6) is 1.48. The molecule has 3 atom stereocenters. The molecule has 2 aliphatic rings. The minimum Gasteiger partial charge on any atom is -0.280 e. The van der Waals surface area contributed by atoms with Crippen LogP contribution in [-0.2, 0) is 0 Å². The normalized spacial score (nSPS) is 26.3. The lowest BCUT2D eigenvalue weighted by Gasteiger charge is -2.18. The van der Waals surface area contributed by atoms with E-state index in [1.807, 2.05) is 28.8 Å². The molecule has 2 aromatic carbocycles. The van der Waals surface area contributed by atoms with Crippen molar-refractivity contribution in [1.29, 1.82) is 0 Å². The second-order valence-electron chi connectivity index (χ2n) is 6.59. The van der Waals surface area contributed by atoms with Gasteiger partial charge in [0.25, 0.3) is 0 Å². The Kier molecular flexibility index (Phi) is 2.40. The maximum absolute atomic E-state index is 13.3. The zero-order valence-electron chi connectivity index (χ0n) is 12.3. The SMILES string of the molecule is O=C(C1CC2C=CC1C2)n1c2ccccc2c2ccccc21. The van der Waals surface area contributed by atoms with Crippen molar-refractivity contribution in [2.75, 3.05) is 0 Å². The molecule has 0 N–H and O–H groups in total. The highest BCUT2D eigenvalue weighted by Crippen LogP contribution is 2.45. The Morgan fingerprint density at radius 1 is 0.864 bits per heavy atom. The van der Waals surface area contributed by atoms with Gasteiger partial charge in [-0.15, -0.1) is 0 Å². The number of allylic oxidation sites excluding steroid dienone is 2. The first-order valence-electron chi connectivity index (χ1n) is 8.03. The van der Waals surface area contributed by atoms with E-state index in [4.69, 9.17) is 0 Å². The molecule has 3 aromatic rings. The van der Waals surface area contributed by atoms with Gasteiger partial charge in [-0.3, -0.25) is 9.36 Å². The van der Waals surface area contributed by atoms with E-state index >= 15 is 0 Å². The van der Waals surface area contributed by atoms with E-state index < -0.39 is 0 Å².